The third-order valence-electron chi connectivity index (χ3n) is 0.967. The van der Waals surface area contributed by atoms with Gasteiger partial charge in [-0.3, -0.25) is 4.79 Å². The van der Waals surface area contributed by atoms with Crippen molar-refractivity contribution in [3.63, 3.8) is 0 Å². The Morgan fingerprint density at radius 3 is 2.73 bits per heavy atom. The Morgan fingerprint density at radius 2 is 2.36 bits per heavy atom. The monoisotopic (exact) mass is 160 g/mol. The van der Waals surface area contributed by atoms with Gasteiger partial charge in [0.2, 0.25) is 5.72 Å². The molecule has 0 saturated heterocycles. The summed E-state index contributed by atoms with van der Waals surface area (Å²) in [4.78, 5) is 20.5. The maximum atomic E-state index is 10.7. The van der Waals surface area contributed by atoms with Crippen molar-refractivity contribution in [3.05, 3.63) is 0 Å². The summed E-state index contributed by atoms with van der Waals surface area (Å²) in [6.45, 7) is 2.85. The fourth-order valence-corrected chi connectivity index (χ4v) is 0.422. The molecule has 5 heteroatoms. The first-order chi connectivity index (χ1) is 5.04. The summed E-state index contributed by atoms with van der Waals surface area (Å²) in [6, 6.07) is 0. The standard InChI is InChI=1S/C6H10NO4/c1-3-11-5(9)6(2,10)7-4-8/h10H,3H2,1-2H3,(H,7,8). The van der Waals surface area contributed by atoms with E-state index >= 15 is 0 Å². The summed E-state index contributed by atoms with van der Waals surface area (Å²) in [5, 5.41) is 10.8. The largest absolute Gasteiger partial charge is 0.462 e. The molecule has 0 rings (SSSR count). The van der Waals surface area contributed by atoms with Crippen LogP contribution in [-0.2, 0) is 14.3 Å². The van der Waals surface area contributed by atoms with Crippen molar-refractivity contribution in [2.45, 2.75) is 19.6 Å². The smallest absolute Gasteiger partial charge is 0.359 e. The van der Waals surface area contributed by atoms with E-state index in [-0.39, 0.29) is 6.61 Å². The fourth-order valence-electron chi connectivity index (χ4n) is 0.422. The molecule has 0 aliphatic heterocycles. The van der Waals surface area contributed by atoms with Crippen LogP contribution in [-0.4, -0.2) is 29.8 Å². The van der Waals surface area contributed by atoms with E-state index in [0.29, 0.717) is 0 Å². The van der Waals surface area contributed by atoms with Gasteiger partial charge >= 0.3 is 12.4 Å². The highest BCUT2D eigenvalue weighted by molar-refractivity contribution is 5.80. The molecule has 0 aromatic carbocycles. The SMILES string of the molecule is CCOC(=O)C(C)(O)N[C]=O. The summed E-state index contributed by atoms with van der Waals surface area (Å²) >= 11 is 0. The van der Waals surface area contributed by atoms with E-state index in [1.165, 1.54) is 6.41 Å². The van der Waals surface area contributed by atoms with Gasteiger partial charge in [0.25, 0.3) is 0 Å². The summed E-state index contributed by atoms with van der Waals surface area (Å²) in [6.07, 6.45) is 1.20. The van der Waals surface area contributed by atoms with Gasteiger partial charge in [-0.2, -0.15) is 0 Å². The number of rotatable bonds is 4. The predicted octanol–water partition coefficient (Wildman–Crippen LogP) is -1.09. The molecule has 1 unspecified atom stereocenters. The molecule has 2 N–H and O–H groups in total. The first-order valence-corrected chi connectivity index (χ1v) is 3.08. The van der Waals surface area contributed by atoms with E-state index in [0.717, 1.165) is 6.92 Å². The maximum absolute atomic E-state index is 10.7. The molecule has 0 saturated carbocycles. The summed E-state index contributed by atoms with van der Waals surface area (Å²) in [7, 11) is 0. The van der Waals surface area contributed by atoms with Crippen molar-refractivity contribution in [3.8, 4) is 0 Å². The fraction of sp³-hybridized carbons (Fsp3) is 0.667. The average molecular weight is 160 g/mol. The van der Waals surface area contributed by atoms with Crippen molar-refractivity contribution >= 4 is 12.4 Å². The Hall–Kier alpha value is -1.10. The molecule has 0 bridgehead atoms. The first-order valence-electron chi connectivity index (χ1n) is 3.08. The maximum Gasteiger partial charge on any atom is 0.359 e. The van der Waals surface area contributed by atoms with Crippen LogP contribution in [0.4, 0.5) is 0 Å². The molecular formula is C6H10NO4. The molecule has 0 heterocycles. The Bertz CT molecular complexity index is 155. The second-order valence-electron chi connectivity index (χ2n) is 2.02. The van der Waals surface area contributed by atoms with E-state index in [4.69, 9.17) is 5.11 Å². The minimum absolute atomic E-state index is 0.148. The zero-order valence-electron chi connectivity index (χ0n) is 6.38. The summed E-state index contributed by atoms with van der Waals surface area (Å²) in [5.41, 5.74) is -1.97. The van der Waals surface area contributed by atoms with E-state index in [1.54, 1.807) is 12.2 Å². The molecule has 0 aliphatic carbocycles. The number of ether oxygens (including phenoxy) is 1. The number of carbonyl (C=O) groups excluding carboxylic acids is 2. The van der Waals surface area contributed by atoms with Crippen LogP contribution >= 0.6 is 0 Å². The lowest BCUT2D eigenvalue weighted by atomic mass is 10.3. The molecule has 63 valence electrons. The molecule has 1 amide bonds. The highest BCUT2D eigenvalue weighted by Gasteiger charge is 2.31. The zero-order valence-corrected chi connectivity index (χ0v) is 6.38. The highest BCUT2D eigenvalue weighted by Crippen LogP contribution is 1.99. The van der Waals surface area contributed by atoms with Gasteiger partial charge in [0.15, 0.2) is 0 Å². The number of aliphatic hydroxyl groups is 1. The summed E-state index contributed by atoms with van der Waals surface area (Å²) in [5.74, 6) is -0.900. The molecule has 1 radical (unpaired) electrons. The van der Waals surface area contributed by atoms with Crippen molar-refractivity contribution in [2.24, 2.45) is 0 Å². The number of hydrogen-bond acceptors (Lipinski definition) is 4. The van der Waals surface area contributed by atoms with E-state index in [9.17, 15) is 9.59 Å². The minimum atomic E-state index is -1.97. The normalized spacial score (nSPS) is 14.8. The van der Waals surface area contributed by atoms with Crippen LogP contribution in [0, 0.1) is 0 Å². The van der Waals surface area contributed by atoms with Gasteiger partial charge in [0.1, 0.15) is 0 Å². The number of esters is 1. The lowest BCUT2D eigenvalue weighted by Gasteiger charge is -2.18. The van der Waals surface area contributed by atoms with Gasteiger partial charge in [0.05, 0.1) is 6.61 Å². The molecule has 0 aliphatic rings. The van der Waals surface area contributed by atoms with E-state index in [1.807, 2.05) is 0 Å². The van der Waals surface area contributed by atoms with Gasteiger partial charge in [0, 0.05) is 0 Å². The van der Waals surface area contributed by atoms with Gasteiger partial charge in [-0.15, -0.1) is 0 Å². The molecule has 0 fully saturated rings. The van der Waals surface area contributed by atoms with Crippen LogP contribution in [0.5, 0.6) is 0 Å². The van der Waals surface area contributed by atoms with Crippen LogP contribution in [0.2, 0.25) is 0 Å². The Kier molecular flexibility index (Phi) is 3.53. The zero-order chi connectivity index (χ0) is 8.91. The van der Waals surface area contributed by atoms with Crippen LogP contribution in [0.15, 0.2) is 0 Å². The van der Waals surface area contributed by atoms with Crippen LogP contribution < -0.4 is 5.32 Å². The third-order valence-corrected chi connectivity index (χ3v) is 0.967. The molecular weight excluding hydrogens is 150 g/mol. The van der Waals surface area contributed by atoms with Crippen molar-refractivity contribution in [1.82, 2.24) is 5.32 Å². The van der Waals surface area contributed by atoms with Gasteiger partial charge in [-0.25, -0.2) is 4.79 Å². The summed E-state index contributed by atoms with van der Waals surface area (Å²) < 4.78 is 4.43. The molecule has 0 spiro atoms. The first kappa shape index (κ1) is 9.90. The topological polar surface area (TPSA) is 75.6 Å². The van der Waals surface area contributed by atoms with Crippen molar-refractivity contribution in [2.75, 3.05) is 6.61 Å². The van der Waals surface area contributed by atoms with E-state index in [2.05, 4.69) is 4.74 Å². The number of amides is 1. The number of carbonyl (C=O) groups is 1. The van der Waals surface area contributed by atoms with E-state index < -0.39 is 11.7 Å². The van der Waals surface area contributed by atoms with Crippen molar-refractivity contribution in [1.29, 1.82) is 0 Å². The van der Waals surface area contributed by atoms with Gasteiger partial charge < -0.3 is 15.2 Å². The Morgan fingerprint density at radius 1 is 1.82 bits per heavy atom. The van der Waals surface area contributed by atoms with Crippen LogP contribution in [0.3, 0.4) is 0 Å². The highest BCUT2D eigenvalue weighted by atomic mass is 16.6. The number of hydrogen-bond donors (Lipinski definition) is 2. The van der Waals surface area contributed by atoms with Crippen LogP contribution in [0.25, 0.3) is 0 Å². The lowest BCUT2D eigenvalue weighted by Crippen LogP contribution is -2.49. The molecule has 11 heavy (non-hydrogen) atoms. The minimum Gasteiger partial charge on any atom is -0.462 e. The lowest BCUT2D eigenvalue weighted by molar-refractivity contribution is -0.164. The molecule has 1 atom stereocenters. The van der Waals surface area contributed by atoms with Gasteiger partial charge in [-0.05, 0) is 13.8 Å². The third kappa shape index (κ3) is 2.99. The molecule has 0 aromatic heterocycles. The Balaban J connectivity index is 4.05. The van der Waals surface area contributed by atoms with Gasteiger partial charge in [-0.1, -0.05) is 0 Å². The predicted molar refractivity (Wildman–Crippen MR) is 36.1 cm³/mol. The van der Waals surface area contributed by atoms with Crippen LogP contribution in [0.1, 0.15) is 13.8 Å². The molecule has 5 nitrogen and oxygen atoms in total. The quantitative estimate of drug-likeness (QED) is 0.311. The molecule has 0 aromatic rings. The Labute approximate surface area is 64.3 Å². The number of nitrogens with one attached hydrogen (secondary N) is 1. The second-order valence-corrected chi connectivity index (χ2v) is 2.02. The average Bonchev–Trinajstić information content (AvgIpc) is 1.88. The van der Waals surface area contributed by atoms with Crippen molar-refractivity contribution < 1.29 is 19.4 Å². The second kappa shape index (κ2) is 3.92.